The maximum absolute atomic E-state index is 6.08. The Hall–Kier alpha value is -1.51. The van der Waals surface area contributed by atoms with Crippen LogP contribution in [0, 0.1) is 0 Å². The highest BCUT2D eigenvalue weighted by Gasteiger charge is 2.09. The summed E-state index contributed by atoms with van der Waals surface area (Å²) in [6.45, 7) is 2.66. The van der Waals surface area contributed by atoms with Gasteiger partial charge in [0.15, 0.2) is 0 Å². The zero-order valence-corrected chi connectivity index (χ0v) is 11.9. The van der Waals surface area contributed by atoms with Crippen molar-refractivity contribution < 1.29 is 4.74 Å². The van der Waals surface area contributed by atoms with Crippen LogP contribution in [0.2, 0.25) is 0 Å². The first kappa shape index (κ1) is 15.5. The van der Waals surface area contributed by atoms with Crippen LogP contribution in [-0.2, 0) is 6.61 Å². The van der Waals surface area contributed by atoms with Crippen molar-refractivity contribution in [1.82, 2.24) is 0 Å². The molecule has 0 heterocycles. The summed E-state index contributed by atoms with van der Waals surface area (Å²) in [7, 11) is 0. The highest BCUT2D eigenvalue weighted by molar-refractivity contribution is 5.85. The topological polar surface area (TPSA) is 35.2 Å². The molecule has 1 unspecified atom stereocenters. The highest BCUT2D eigenvalue weighted by atomic mass is 35.5. The van der Waals surface area contributed by atoms with Gasteiger partial charge >= 0.3 is 0 Å². The van der Waals surface area contributed by atoms with Crippen LogP contribution in [0.4, 0.5) is 0 Å². The lowest BCUT2D eigenvalue weighted by molar-refractivity contribution is 0.300. The van der Waals surface area contributed by atoms with Gasteiger partial charge in [-0.25, -0.2) is 0 Å². The summed E-state index contributed by atoms with van der Waals surface area (Å²) in [5.41, 5.74) is 8.33. The largest absolute Gasteiger partial charge is 0.489 e. The Balaban J connectivity index is 0.00000180. The lowest BCUT2D eigenvalue weighted by Gasteiger charge is -2.15. The van der Waals surface area contributed by atoms with Gasteiger partial charge in [0.05, 0.1) is 0 Å². The van der Waals surface area contributed by atoms with Crippen molar-refractivity contribution in [3.63, 3.8) is 0 Å². The van der Waals surface area contributed by atoms with E-state index < -0.39 is 0 Å². The Morgan fingerprint density at radius 3 is 2.32 bits per heavy atom. The molecule has 0 saturated heterocycles. The Morgan fingerprint density at radius 1 is 1.00 bits per heavy atom. The molecule has 0 aromatic heterocycles. The molecule has 0 saturated carbocycles. The molecule has 0 amide bonds. The van der Waals surface area contributed by atoms with Crippen LogP contribution in [0.1, 0.15) is 30.5 Å². The monoisotopic (exact) mass is 277 g/mol. The number of benzene rings is 2. The van der Waals surface area contributed by atoms with Crippen LogP contribution in [-0.4, -0.2) is 0 Å². The van der Waals surface area contributed by atoms with Crippen molar-refractivity contribution >= 4 is 12.4 Å². The molecular weight excluding hydrogens is 258 g/mol. The van der Waals surface area contributed by atoms with Gasteiger partial charge in [0.25, 0.3) is 0 Å². The van der Waals surface area contributed by atoms with Crippen molar-refractivity contribution in [2.75, 3.05) is 0 Å². The average Bonchev–Trinajstić information content (AvgIpc) is 2.45. The quantitative estimate of drug-likeness (QED) is 0.893. The maximum Gasteiger partial charge on any atom is 0.124 e. The van der Waals surface area contributed by atoms with E-state index in [0.717, 1.165) is 23.3 Å². The molecule has 0 aliphatic heterocycles. The SMILES string of the molecule is CCC(N)c1ccccc1OCc1ccccc1.Cl. The first-order valence-electron chi connectivity index (χ1n) is 6.32. The minimum Gasteiger partial charge on any atom is -0.489 e. The van der Waals surface area contributed by atoms with Crippen LogP contribution in [0.3, 0.4) is 0 Å². The van der Waals surface area contributed by atoms with Crippen LogP contribution >= 0.6 is 12.4 Å². The molecule has 19 heavy (non-hydrogen) atoms. The number of hydrogen-bond donors (Lipinski definition) is 1. The number of nitrogens with two attached hydrogens (primary N) is 1. The zero-order chi connectivity index (χ0) is 12.8. The van der Waals surface area contributed by atoms with E-state index in [1.165, 1.54) is 0 Å². The Labute approximate surface area is 121 Å². The van der Waals surface area contributed by atoms with Gasteiger partial charge < -0.3 is 10.5 Å². The number of ether oxygens (including phenoxy) is 1. The van der Waals surface area contributed by atoms with Crippen molar-refractivity contribution in [3.8, 4) is 5.75 Å². The second kappa shape index (κ2) is 7.82. The molecule has 2 aromatic carbocycles. The van der Waals surface area contributed by atoms with E-state index in [2.05, 4.69) is 19.1 Å². The summed E-state index contributed by atoms with van der Waals surface area (Å²) < 4.78 is 5.87. The van der Waals surface area contributed by atoms with Gasteiger partial charge in [-0.15, -0.1) is 12.4 Å². The third kappa shape index (κ3) is 4.27. The summed E-state index contributed by atoms with van der Waals surface area (Å²) in [6, 6.07) is 18.2. The maximum atomic E-state index is 6.08. The fraction of sp³-hybridized carbons (Fsp3) is 0.250. The molecule has 102 valence electrons. The van der Waals surface area contributed by atoms with E-state index in [9.17, 15) is 0 Å². The molecule has 0 spiro atoms. The molecular formula is C16H20ClNO. The Bertz CT molecular complexity index is 487. The summed E-state index contributed by atoms with van der Waals surface area (Å²) >= 11 is 0. The van der Waals surface area contributed by atoms with Gasteiger partial charge in [0, 0.05) is 11.6 Å². The van der Waals surface area contributed by atoms with Gasteiger partial charge in [0.1, 0.15) is 12.4 Å². The predicted molar refractivity (Wildman–Crippen MR) is 81.7 cm³/mol. The molecule has 0 bridgehead atoms. The van der Waals surface area contributed by atoms with Crippen LogP contribution in [0.15, 0.2) is 54.6 Å². The fourth-order valence-electron chi connectivity index (χ4n) is 1.87. The van der Waals surface area contributed by atoms with E-state index in [4.69, 9.17) is 10.5 Å². The highest BCUT2D eigenvalue weighted by Crippen LogP contribution is 2.26. The normalized spacial score (nSPS) is 11.5. The standard InChI is InChI=1S/C16H19NO.ClH/c1-2-15(17)14-10-6-7-11-16(14)18-12-13-8-4-3-5-9-13;/h3-11,15H,2,12,17H2,1H3;1H. The number of hydrogen-bond acceptors (Lipinski definition) is 2. The minimum atomic E-state index is 0. The van der Waals surface area contributed by atoms with E-state index in [1.54, 1.807) is 0 Å². The van der Waals surface area contributed by atoms with Gasteiger partial charge in [-0.1, -0.05) is 55.5 Å². The van der Waals surface area contributed by atoms with Crippen molar-refractivity contribution in [2.45, 2.75) is 26.0 Å². The lowest BCUT2D eigenvalue weighted by Crippen LogP contribution is -2.10. The minimum absolute atomic E-state index is 0. The van der Waals surface area contributed by atoms with Crippen LogP contribution < -0.4 is 10.5 Å². The van der Waals surface area contributed by atoms with Gasteiger partial charge in [-0.05, 0) is 18.1 Å². The fourth-order valence-corrected chi connectivity index (χ4v) is 1.87. The molecule has 1 atom stereocenters. The van der Waals surface area contributed by atoms with Crippen molar-refractivity contribution in [1.29, 1.82) is 0 Å². The van der Waals surface area contributed by atoms with E-state index in [1.807, 2.05) is 42.5 Å². The second-order valence-electron chi connectivity index (χ2n) is 4.33. The molecule has 3 heteroatoms. The van der Waals surface area contributed by atoms with Gasteiger partial charge in [-0.3, -0.25) is 0 Å². The van der Waals surface area contributed by atoms with Crippen molar-refractivity contribution in [3.05, 3.63) is 65.7 Å². The molecule has 0 radical (unpaired) electrons. The molecule has 0 aliphatic carbocycles. The molecule has 2 aromatic rings. The zero-order valence-electron chi connectivity index (χ0n) is 11.1. The molecule has 2 N–H and O–H groups in total. The number of para-hydroxylation sites is 1. The predicted octanol–water partition coefficient (Wildman–Crippen LogP) is 4.10. The third-order valence-corrected chi connectivity index (χ3v) is 3.00. The first-order chi connectivity index (χ1) is 8.81. The van der Waals surface area contributed by atoms with E-state index >= 15 is 0 Å². The Morgan fingerprint density at radius 2 is 1.63 bits per heavy atom. The number of halogens is 1. The van der Waals surface area contributed by atoms with Crippen molar-refractivity contribution in [2.24, 2.45) is 5.73 Å². The third-order valence-electron chi connectivity index (χ3n) is 3.00. The summed E-state index contributed by atoms with van der Waals surface area (Å²) in [5.74, 6) is 0.885. The summed E-state index contributed by atoms with van der Waals surface area (Å²) in [4.78, 5) is 0. The average molecular weight is 278 g/mol. The summed E-state index contributed by atoms with van der Waals surface area (Å²) in [5, 5.41) is 0. The van der Waals surface area contributed by atoms with Crippen LogP contribution in [0.5, 0.6) is 5.75 Å². The van der Waals surface area contributed by atoms with Gasteiger partial charge in [-0.2, -0.15) is 0 Å². The lowest BCUT2D eigenvalue weighted by atomic mass is 10.0. The van der Waals surface area contributed by atoms with Gasteiger partial charge in [0.2, 0.25) is 0 Å². The van der Waals surface area contributed by atoms with E-state index in [0.29, 0.717) is 6.61 Å². The molecule has 0 fully saturated rings. The smallest absolute Gasteiger partial charge is 0.124 e. The summed E-state index contributed by atoms with van der Waals surface area (Å²) in [6.07, 6.45) is 0.908. The Kier molecular flexibility index (Phi) is 6.40. The second-order valence-corrected chi connectivity index (χ2v) is 4.33. The van der Waals surface area contributed by atoms with Crippen LogP contribution in [0.25, 0.3) is 0 Å². The molecule has 2 rings (SSSR count). The number of rotatable bonds is 5. The molecule has 2 nitrogen and oxygen atoms in total. The van der Waals surface area contributed by atoms with E-state index in [-0.39, 0.29) is 18.4 Å². The molecule has 0 aliphatic rings. The first-order valence-corrected chi connectivity index (χ1v) is 6.32.